The molecule has 18 heavy (non-hydrogen) atoms. The predicted molar refractivity (Wildman–Crippen MR) is 78.5 cm³/mol. The molecular weight excluding hydrogens is 246 g/mol. The lowest BCUT2D eigenvalue weighted by Gasteiger charge is -2.44. The molecule has 4 heteroatoms. The van der Waals surface area contributed by atoms with Gasteiger partial charge in [-0.15, -0.1) is 0 Å². The fourth-order valence-electron chi connectivity index (χ4n) is 2.59. The molecule has 0 aliphatic carbocycles. The summed E-state index contributed by atoms with van der Waals surface area (Å²) in [6.07, 6.45) is 0. The fraction of sp³-hybridized carbons (Fsp3) is 0.571. The number of nitrogens with zero attached hydrogens (tertiary/aromatic N) is 2. The Morgan fingerprint density at radius 3 is 2.72 bits per heavy atom. The van der Waals surface area contributed by atoms with Crippen LogP contribution in [0.15, 0.2) is 18.2 Å². The molecule has 0 bridgehead atoms. The van der Waals surface area contributed by atoms with Crippen LogP contribution in [-0.4, -0.2) is 43.7 Å². The molecule has 2 atom stereocenters. The number of hydrogen-bond donors (Lipinski definition) is 1. The van der Waals surface area contributed by atoms with E-state index in [-0.39, 0.29) is 0 Å². The third-order valence-corrected chi connectivity index (χ3v) is 4.28. The maximum absolute atomic E-state index is 6.22. The molecule has 1 aliphatic rings. The average Bonchev–Trinajstić information content (AvgIpc) is 2.33. The highest BCUT2D eigenvalue weighted by Crippen LogP contribution is 2.27. The first-order valence-corrected chi connectivity index (χ1v) is 6.83. The van der Waals surface area contributed by atoms with Crippen molar-refractivity contribution in [2.75, 3.05) is 31.6 Å². The van der Waals surface area contributed by atoms with E-state index < -0.39 is 0 Å². The van der Waals surface area contributed by atoms with E-state index in [0.29, 0.717) is 18.6 Å². The van der Waals surface area contributed by atoms with Crippen LogP contribution in [0.5, 0.6) is 0 Å². The number of rotatable bonds is 2. The Kier molecular flexibility index (Phi) is 4.15. The lowest BCUT2D eigenvalue weighted by atomic mass is 10.1. The highest BCUT2D eigenvalue weighted by atomic mass is 35.5. The van der Waals surface area contributed by atoms with Crippen molar-refractivity contribution >= 4 is 17.3 Å². The summed E-state index contributed by atoms with van der Waals surface area (Å²) in [5.74, 6) is 0. The lowest BCUT2D eigenvalue weighted by molar-refractivity contribution is 0.197. The van der Waals surface area contributed by atoms with Gasteiger partial charge in [-0.25, -0.2) is 0 Å². The second-order valence-corrected chi connectivity index (χ2v) is 5.67. The van der Waals surface area contributed by atoms with Crippen LogP contribution in [0.1, 0.15) is 12.5 Å². The first-order chi connectivity index (χ1) is 8.52. The van der Waals surface area contributed by atoms with Gasteiger partial charge in [-0.1, -0.05) is 17.7 Å². The van der Waals surface area contributed by atoms with E-state index in [0.717, 1.165) is 23.7 Å². The van der Waals surface area contributed by atoms with Gasteiger partial charge in [-0.3, -0.25) is 4.90 Å². The van der Waals surface area contributed by atoms with E-state index in [1.807, 2.05) is 6.92 Å². The first kappa shape index (κ1) is 13.7. The molecule has 0 radical (unpaired) electrons. The Morgan fingerprint density at radius 1 is 1.39 bits per heavy atom. The molecule has 3 nitrogen and oxygen atoms in total. The molecular formula is C14H22ClN3. The molecule has 2 unspecified atom stereocenters. The van der Waals surface area contributed by atoms with E-state index in [1.165, 1.54) is 5.69 Å². The van der Waals surface area contributed by atoms with Gasteiger partial charge in [-0.2, -0.15) is 0 Å². The maximum Gasteiger partial charge on any atom is 0.0455 e. The number of aryl methyl sites for hydroxylation is 1. The zero-order valence-electron chi connectivity index (χ0n) is 11.4. The normalized spacial score (nSPS) is 25.5. The molecule has 2 rings (SSSR count). The molecule has 1 aromatic rings. The van der Waals surface area contributed by atoms with Crippen molar-refractivity contribution in [2.45, 2.75) is 25.9 Å². The Bertz CT molecular complexity index is 422. The van der Waals surface area contributed by atoms with Crippen molar-refractivity contribution in [1.82, 2.24) is 4.90 Å². The van der Waals surface area contributed by atoms with Gasteiger partial charge in [0.25, 0.3) is 0 Å². The van der Waals surface area contributed by atoms with Crippen molar-refractivity contribution in [1.29, 1.82) is 0 Å². The molecule has 1 heterocycles. The van der Waals surface area contributed by atoms with E-state index >= 15 is 0 Å². The van der Waals surface area contributed by atoms with Crippen LogP contribution in [0.3, 0.4) is 0 Å². The number of hydrogen-bond acceptors (Lipinski definition) is 3. The van der Waals surface area contributed by atoms with E-state index in [4.69, 9.17) is 17.3 Å². The van der Waals surface area contributed by atoms with Crippen LogP contribution in [0.25, 0.3) is 0 Å². The fourth-order valence-corrected chi connectivity index (χ4v) is 2.76. The van der Waals surface area contributed by atoms with Gasteiger partial charge in [0.15, 0.2) is 0 Å². The quantitative estimate of drug-likeness (QED) is 0.891. The molecule has 0 saturated carbocycles. The SMILES string of the molecule is Cc1ccc(N2CC(CN)N(C)CC2C)cc1Cl. The molecule has 2 N–H and O–H groups in total. The first-order valence-electron chi connectivity index (χ1n) is 6.46. The number of benzene rings is 1. The number of anilines is 1. The van der Waals surface area contributed by atoms with Crippen molar-refractivity contribution in [2.24, 2.45) is 5.73 Å². The van der Waals surface area contributed by atoms with Gasteiger partial charge in [0.2, 0.25) is 0 Å². The van der Waals surface area contributed by atoms with Crippen molar-refractivity contribution < 1.29 is 0 Å². The monoisotopic (exact) mass is 267 g/mol. The number of halogens is 1. The Labute approximate surface area is 115 Å². The zero-order valence-corrected chi connectivity index (χ0v) is 12.1. The summed E-state index contributed by atoms with van der Waals surface area (Å²) in [5, 5.41) is 0.836. The molecule has 1 fully saturated rings. The number of nitrogens with two attached hydrogens (primary N) is 1. The van der Waals surface area contributed by atoms with E-state index in [9.17, 15) is 0 Å². The summed E-state index contributed by atoms with van der Waals surface area (Å²) in [6, 6.07) is 7.20. The van der Waals surface area contributed by atoms with Crippen LogP contribution in [0, 0.1) is 6.92 Å². The summed E-state index contributed by atoms with van der Waals surface area (Å²) in [6.45, 7) is 6.97. The molecule has 0 aromatic heterocycles. The number of likely N-dealkylation sites (N-methyl/N-ethyl adjacent to an activating group) is 1. The minimum Gasteiger partial charge on any atom is -0.366 e. The van der Waals surface area contributed by atoms with Crippen molar-refractivity contribution in [3.63, 3.8) is 0 Å². The van der Waals surface area contributed by atoms with Crippen molar-refractivity contribution in [3.05, 3.63) is 28.8 Å². The minimum absolute atomic E-state index is 0.418. The second kappa shape index (κ2) is 5.47. The smallest absolute Gasteiger partial charge is 0.0455 e. The van der Waals surface area contributed by atoms with Gasteiger partial charge in [0.1, 0.15) is 0 Å². The van der Waals surface area contributed by atoms with Crippen LogP contribution in [0.4, 0.5) is 5.69 Å². The lowest BCUT2D eigenvalue weighted by Crippen LogP contribution is -2.58. The van der Waals surface area contributed by atoms with Gasteiger partial charge in [0.05, 0.1) is 0 Å². The Hall–Kier alpha value is -0.770. The van der Waals surface area contributed by atoms with Crippen LogP contribution >= 0.6 is 11.6 Å². The highest BCUT2D eigenvalue weighted by Gasteiger charge is 2.28. The van der Waals surface area contributed by atoms with E-state index in [2.05, 4.69) is 42.0 Å². The standard InChI is InChI=1S/C14H22ClN3/c1-10-4-5-12(6-14(10)15)18-9-13(7-16)17(3)8-11(18)2/h4-6,11,13H,7-9,16H2,1-3H3. The Balaban J connectivity index is 2.23. The van der Waals surface area contributed by atoms with Crippen LogP contribution in [0.2, 0.25) is 5.02 Å². The predicted octanol–water partition coefficient (Wildman–Crippen LogP) is 2.12. The summed E-state index contributed by atoms with van der Waals surface area (Å²) >= 11 is 6.22. The maximum atomic E-state index is 6.22. The topological polar surface area (TPSA) is 32.5 Å². The van der Waals surface area contributed by atoms with Gasteiger partial charge in [0, 0.05) is 42.4 Å². The largest absolute Gasteiger partial charge is 0.366 e. The summed E-state index contributed by atoms with van der Waals surface area (Å²) in [5.41, 5.74) is 8.16. The molecule has 0 amide bonds. The minimum atomic E-state index is 0.418. The average molecular weight is 268 g/mol. The molecule has 100 valence electrons. The Morgan fingerprint density at radius 2 is 2.11 bits per heavy atom. The molecule has 1 aliphatic heterocycles. The highest BCUT2D eigenvalue weighted by molar-refractivity contribution is 6.31. The van der Waals surface area contributed by atoms with E-state index in [1.54, 1.807) is 0 Å². The van der Waals surface area contributed by atoms with Gasteiger partial charge in [-0.05, 0) is 38.6 Å². The van der Waals surface area contributed by atoms with Gasteiger partial charge >= 0.3 is 0 Å². The number of piperazine rings is 1. The summed E-state index contributed by atoms with van der Waals surface area (Å²) in [7, 11) is 2.15. The third kappa shape index (κ3) is 2.63. The summed E-state index contributed by atoms with van der Waals surface area (Å²) < 4.78 is 0. The van der Waals surface area contributed by atoms with Crippen molar-refractivity contribution in [3.8, 4) is 0 Å². The molecule has 1 saturated heterocycles. The second-order valence-electron chi connectivity index (χ2n) is 5.26. The molecule has 1 aromatic carbocycles. The van der Waals surface area contributed by atoms with Gasteiger partial charge < -0.3 is 10.6 Å². The molecule has 0 spiro atoms. The third-order valence-electron chi connectivity index (χ3n) is 3.87. The van der Waals surface area contributed by atoms with Crippen LogP contribution < -0.4 is 10.6 Å². The van der Waals surface area contributed by atoms with Crippen LogP contribution in [-0.2, 0) is 0 Å². The zero-order chi connectivity index (χ0) is 13.3. The summed E-state index contributed by atoms with van der Waals surface area (Å²) in [4.78, 5) is 4.75.